The number of amides is 3. The molecular weight excluding hydrogens is 327 g/mol. The fourth-order valence-corrected chi connectivity index (χ4v) is 3.20. The van der Waals surface area contributed by atoms with Gasteiger partial charge in [-0.3, -0.25) is 19.5 Å². The van der Waals surface area contributed by atoms with Gasteiger partial charge < -0.3 is 10.1 Å². The molecule has 0 saturated carbocycles. The predicted molar refractivity (Wildman–Crippen MR) is 89.8 cm³/mol. The van der Waals surface area contributed by atoms with Crippen LogP contribution in [0.1, 0.15) is 5.56 Å². The molecule has 1 aromatic carbocycles. The molecule has 0 unspecified atom stereocenters. The summed E-state index contributed by atoms with van der Waals surface area (Å²) in [5.41, 5.74) is 0.820. The summed E-state index contributed by atoms with van der Waals surface area (Å²) in [6, 6.07) is 4.23. The maximum atomic E-state index is 13.5. The van der Waals surface area contributed by atoms with E-state index in [9.17, 15) is 14.0 Å². The van der Waals surface area contributed by atoms with Gasteiger partial charge in [-0.15, -0.1) is 0 Å². The molecule has 2 saturated heterocycles. The quantitative estimate of drug-likeness (QED) is 0.838. The van der Waals surface area contributed by atoms with Crippen LogP contribution in [0, 0.1) is 5.82 Å². The fourth-order valence-electron chi connectivity index (χ4n) is 3.20. The van der Waals surface area contributed by atoms with Crippen molar-refractivity contribution >= 4 is 11.9 Å². The molecule has 2 aliphatic heterocycles. The lowest BCUT2D eigenvalue weighted by molar-refractivity contribution is -0.129. The van der Waals surface area contributed by atoms with Gasteiger partial charge in [-0.25, -0.2) is 9.18 Å². The van der Waals surface area contributed by atoms with E-state index in [0.717, 1.165) is 31.7 Å². The summed E-state index contributed by atoms with van der Waals surface area (Å²) in [4.78, 5) is 29.2. The molecule has 0 bridgehead atoms. The number of hydrogen-bond acceptors (Lipinski definition) is 5. The molecule has 2 heterocycles. The Balaban J connectivity index is 1.50. The molecule has 25 heavy (non-hydrogen) atoms. The first-order valence-electron chi connectivity index (χ1n) is 8.42. The van der Waals surface area contributed by atoms with E-state index in [0.29, 0.717) is 25.4 Å². The van der Waals surface area contributed by atoms with E-state index in [-0.39, 0.29) is 24.3 Å². The highest BCUT2D eigenvalue weighted by Gasteiger charge is 2.28. The van der Waals surface area contributed by atoms with Gasteiger partial charge in [0.15, 0.2) is 0 Å². The Morgan fingerprint density at radius 1 is 1.20 bits per heavy atom. The Morgan fingerprint density at radius 3 is 2.56 bits per heavy atom. The molecular formula is C17H23FN4O3. The van der Waals surface area contributed by atoms with Crippen LogP contribution in [0.2, 0.25) is 0 Å². The summed E-state index contributed by atoms with van der Waals surface area (Å²) in [7, 11) is 1.58. The first-order valence-corrected chi connectivity index (χ1v) is 8.42. The molecule has 8 heteroatoms. The maximum Gasteiger partial charge on any atom is 0.324 e. The monoisotopic (exact) mass is 350 g/mol. The molecule has 2 aliphatic rings. The number of carbonyl (C=O) groups excluding carboxylic acids is 2. The van der Waals surface area contributed by atoms with Crippen molar-refractivity contribution in [3.63, 3.8) is 0 Å². The first-order chi connectivity index (χ1) is 12.1. The van der Waals surface area contributed by atoms with Gasteiger partial charge in [0.1, 0.15) is 11.6 Å². The van der Waals surface area contributed by atoms with Crippen LogP contribution in [-0.4, -0.2) is 79.6 Å². The Hall–Kier alpha value is -2.19. The van der Waals surface area contributed by atoms with Crippen LogP contribution in [0.25, 0.3) is 0 Å². The van der Waals surface area contributed by atoms with Crippen LogP contribution in [0.3, 0.4) is 0 Å². The Labute approximate surface area is 146 Å². The smallest absolute Gasteiger partial charge is 0.324 e. The van der Waals surface area contributed by atoms with Crippen molar-refractivity contribution < 1.29 is 18.7 Å². The minimum absolute atomic E-state index is 0.157. The Bertz CT molecular complexity index is 647. The van der Waals surface area contributed by atoms with Crippen LogP contribution in [0.5, 0.6) is 5.75 Å². The van der Waals surface area contributed by atoms with E-state index in [4.69, 9.17) is 4.74 Å². The van der Waals surface area contributed by atoms with Gasteiger partial charge in [0, 0.05) is 51.4 Å². The Morgan fingerprint density at radius 2 is 1.92 bits per heavy atom. The molecule has 0 spiro atoms. The molecule has 3 rings (SSSR count). The lowest BCUT2D eigenvalue weighted by Crippen LogP contribution is -2.50. The number of methoxy groups -OCH3 is 1. The predicted octanol–water partition coefficient (Wildman–Crippen LogP) is 0.504. The van der Waals surface area contributed by atoms with Crippen LogP contribution < -0.4 is 10.1 Å². The Kier molecular flexibility index (Phi) is 5.50. The summed E-state index contributed by atoms with van der Waals surface area (Å²) in [5.74, 6) is 0.248. The second kappa shape index (κ2) is 7.79. The van der Waals surface area contributed by atoms with Gasteiger partial charge in [-0.05, 0) is 18.2 Å². The first kappa shape index (κ1) is 17.6. The van der Waals surface area contributed by atoms with Crippen molar-refractivity contribution in [3.8, 4) is 5.75 Å². The van der Waals surface area contributed by atoms with Crippen molar-refractivity contribution in [2.75, 3.05) is 52.9 Å². The standard InChI is InChI=1S/C17H23FN4O3/c1-25-15-3-2-14(18)10-13(15)11-20-6-8-21(9-7-20)12-16(23)22-5-4-19-17(22)24/h2-3,10H,4-9,11-12H2,1H3,(H,19,24). The summed E-state index contributed by atoms with van der Waals surface area (Å²) in [6.45, 7) is 4.85. The second-order valence-corrected chi connectivity index (χ2v) is 6.29. The largest absolute Gasteiger partial charge is 0.496 e. The number of halogens is 1. The molecule has 7 nitrogen and oxygen atoms in total. The van der Waals surface area contributed by atoms with E-state index in [1.165, 1.54) is 17.0 Å². The lowest BCUT2D eigenvalue weighted by atomic mass is 10.1. The number of urea groups is 1. The summed E-state index contributed by atoms with van der Waals surface area (Å²) in [6.07, 6.45) is 0. The van der Waals surface area contributed by atoms with E-state index < -0.39 is 0 Å². The van der Waals surface area contributed by atoms with E-state index >= 15 is 0 Å². The van der Waals surface area contributed by atoms with Gasteiger partial charge >= 0.3 is 6.03 Å². The number of ether oxygens (including phenoxy) is 1. The topological polar surface area (TPSA) is 65.1 Å². The number of benzene rings is 1. The maximum absolute atomic E-state index is 13.5. The van der Waals surface area contributed by atoms with Crippen molar-refractivity contribution in [2.24, 2.45) is 0 Å². The molecule has 0 aliphatic carbocycles. The summed E-state index contributed by atoms with van der Waals surface area (Å²) < 4.78 is 18.8. The zero-order valence-corrected chi connectivity index (χ0v) is 14.3. The van der Waals surface area contributed by atoms with Gasteiger partial charge in [0.2, 0.25) is 5.91 Å². The highest BCUT2D eigenvalue weighted by atomic mass is 19.1. The van der Waals surface area contributed by atoms with E-state index in [1.807, 2.05) is 4.90 Å². The van der Waals surface area contributed by atoms with Crippen molar-refractivity contribution in [3.05, 3.63) is 29.6 Å². The highest BCUT2D eigenvalue weighted by molar-refractivity contribution is 5.96. The molecule has 136 valence electrons. The van der Waals surface area contributed by atoms with Gasteiger partial charge in [0.25, 0.3) is 0 Å². The van der Waals surface area contributed by atoms with E-state index in [1.54, 1.807) is 13.2 Å². The van der Waals surface area contributed by atoms with Crippen LogP contribution in [0.15, 0.2) is 18.2 Å². The average molecular weight is 350 g/mol. The number of piperazine rings is 1. The number of nitrogens with zero attached hydrogens (tertiary/aromatic N) is 3. The van der Waals surface area contributed by atoms with Gasteiger partial charge in [0.05, 0.1) is 13.7 Å². The zero-order chi connectivity index (χ0) is 17.8. The van der Waals surface area contributed by atoms with Crippen LogP contribution in [0.4, 0.5) is 9.18 Å². The molecule has 1 N–H and O–H groups in total. The van der Waals surface area contributed by atoms with E-state index in [2.05, 4.69) is 10.2 Å². The number of rotatable bonds is 5. The minimum atomic E-state index is -0.304. The van der Waals surface area contributed by atoms with Crippen molar-refractivity contribution in [1.29, 1.82) is 0 Å². The third-order valence-corrected chi connectivity index (χ3v) is 4.62. The normalized spacial score (nSPS) is 19.1. The minimum Gasteiger partial charge on any atom is -0.496 e. The highest BCUT2D eigenvalue weighted by Crippen LogP contribution is 2.21. The number of hydrogen-bond donors (Lipinski definition) is 1. The fraction of sp³-hybridized carbons (Fsp3) is 0.529. The summed E-state index contributed by atoms with van der Waals surface area (Å²) >= 11 is 0. The molecule has 1 aromatic rings. The molecule has 0 radical (unpaired) electrons. The third kappa shape index (κ3) is 4.26. The summed E-state index contributed by atoms with van der Waals surface area (Å²) in [5, 5.41) is 2.63. The third-order valence-electron chi connectivity index (χ3n) is 4.62. The van der Waals surface area contributed by atoms with Gasteiger partial charge in [-0.1, -0.05) is 0 Å². The van der Waals surface area contributed by atoms with Crippen molar-refractivity contribution in [1.82, 2.24) is 20.0 Å². The van der Waals surface area contributed by atoms with Gasteiger partial charge in [-0.2, -0.15) is 0 Å². The van der Waals surface area contributed by atoms with Crippen LogP contribution in [-0.2, 0) is 11.3 Å². The molecule has 3 amide bonds. The van der Waals surface area contributed by atoms with Crippen molar-refractivity contribution in [2.45, 2.75) is 6.54 Å². The zero-order valence-electron chi connectivity index (χ0n) is 14.3. The lowest BCUT2D eigenvalue weighted by Gasteiger charge is -2.34. The molecule has 2 fully saturated rings. The molecule has 0 aromatic heterocycles. The molecule has 0 atom stereocenters. The number of carbonyl (C=O) groups is 2. The van der Waals surface area contributed by atoms with Crippen LogP contribution >= 0.6 is 0 Å². The SMILES string of the molecule is COc1ccc(F)cc1CN1CCN(CC(=O)N2CCNC2=O)CC1. The number of nitrogens with one attached hydrogen (secondary N) is 1. The number of imide groups is 1. The average Bonchev–Trinajstić information content (AvgIpc) is 3.03. The second-order valence-electron chi connectivity index (χ2n) is 6.29.